The van der Waals surface area contributed by atoms with Gasteiger partial charge in [-0.3, -0.25) is 4.79 Å². The lowest BCUT2D eigenvalue weighted by atomic mass is 10.2. The second-order valence-electron chi connectivity index (χ2n) is 6.10. The Kier molecular flexibility index (Phi) is 7.83. The standard InChI is InChI=1S/C17H28N2OS/c1-12(2)10-18-11-15-7-6-8-16(9-15)21-14(5)17(20)19-13(3)4/h6-9,12-14,18H,10-11H2,1-5H3,(H,19,20). The summed E-state index contributed by atoms with van der Waals surface area (Å²) in [6.07, 6.45) is 0. The Bertz CT molecular complexity index is 446. The molecule has 0 aromatic heterocycles. The largest absolute Gasteiger partial charge is 0.353 e. The van der Waals surface area contributed by atoms with Gasteiger partial charge in [-0.1, -0.05) is 26.0 Å². The normalized spacial score (nSPS) is 12.7. The van der Waals surface area contributed by atoms with E-state index in [0.717, 1.165) is 18.0 Å². The van der Waals surface area contributed by atoms with E-state index in [1.165, 1.54) is 5.56 Å². The van der Waals surface area contributed by atoms with E-state index in [4.69, 9.17) is 0 Å². The SMILES string of the molecule is CC(C)CNCc1cccc(SC(C)C(=O)NC(C)C)c1. The highest BCUT2D eigenvalue weighted by atomic mass is 32.2. The van der Waals surface area contributed by atoms with Crippen molar-refractivity contribution in [3.05, 3.63) is 29.8 Å². The van der Waals surface area contributed by atoms with Gasteiger partial charge < -0.3 is 10.6 Å². The molecule has 0 saturated heterocycles. The van der Waals surface area contributed by atoms with Gasteiger partial charge in [0, 0.05) is 17.5 Å². The average Bonchev–Trinajstić information content (AvgIpc) is 2.37. The van der Waals surface area contributed by atoms with Crippen LogP contribution in [0.15, 0.2) is 29.2 Å². The van der Waals surface area contributed by atoms with Gasteiger partial charge in [0.25, 0.3) is 0 Å². The first-order chi connectivity index (χ1) is 9.88. The molecular weight excluding hydrogens is 280 g/mol. The first-order valence-corrected chi connectivity index (χ1v) is 8.53. The monoisotopic (exact) mass is 308 g/mol. The number of carbonyl (C=O) groups is 1. The van der Waals surface area contributed by atoms with Crippen LogP contribution in [0.2, 0.25) is 0 Å². The minimum atomic E-state index is -0.0775. The zero-order valence-electron chi connectivity index (χ0n) is 13.8. The van der Waals surface area contributed by atoms with Gasteiger partial charge in [-0.25, -0.2) is 0 Å². The third kappa shape index (κ3) is 7.53. The van der Waals surface area contributed by atoms with Gasteiger partial charge >= 0.3 is 0 Å². The minimum Gasteiger partial charge on any atom is -0.353 e. The fraction of sp³-hybridized carbons (Fsp3) is 0.588. The van der Waals surface area contributed by atoms with Gasteiger partial charge in [0.1, 0.15) is 0 Å². The van der Waals surface area contributed by atoms with Gasteiger partial charge in [-0.05, 0) is 50.9 Å². The van der Waals surface area contributed by atoms with Crippen LogP contribution in [0.1, 0.15) is 40.2 Å². The molecule has 1 unspecified atom stereocenters. The lowest BCUT2D eigenvalue weighted by molar-refractivity contribution is -0.120. The van der Waals surface area contributed by atoms with E-state index in [0.29, 0.717) is 5.92 Å². The Balaban J connectivity index is 2.53. The molecule has 0 saturated carbocycles. The number of carbonyl (C=O) groups excluding carboxylic acids is 1. The number of amides is 1. The third-order valence-electron chi connectivity index (χ3n) is 2.89. The molecule has 1 amide bonds. The van der Waals surface area contributed by atoms with Crippen molar-refractivity contribution in [2.75, 3.05) is 6.54 Å². The van der Waals surface area contributed by atoms with Crippen LogP contribution in [0.4, 0.5) is 0 Å². The van der Waals surface area contributed by atoms with Crippen molar-refractivity contribution in [2.24, 2.45) is 5.92 Å². The summed E-state index contributed by atoms with van der Waals surface area (Å²) in [5.74, 6) is 0.751. The highest BCUT2D eigenvalue weighted by Crippen LogP contribution is 2.24. The van der Waals surface area contributed by atoms with E-state index in [1.54, 1.807) is 11.8 Å². The van der Waals surface area contributed by atoms with E-state index >= 15 is 0 Å². The van der Waals surface area contributed by atoms with Crippen molar-refractivity contribution in [2.45, 2.75) is 57.4 Å². The predicted molar refractivity (Wildman–Crippen MR) is 91.6 cm³/mol. The van der Waals surface area contributed by atoms with Gasteiger partial charge in [0.05, 0.1) is 5.25 Å². The molecule has 0 aliphatic heterocycles. The zero-order valence-corrected chi connectivity index (χ0v) is 14.6. The molecule has 0 bridgehead atoms. The number of thioether (sulfide) groups is 1. The van der Waals surface area contributed by atoms with E-state index in [2.05, 4.69) is 48.7 Å². The second-order valence-corrected chi connectivity index (χ2v) is 7.51. The molecule has 4 heteroatoms. The van der Waals surface area contributed by atoms with E-state index in [9.17, 15) is 4.79 Å². The van der Waals surface area contributed by atoms with Crippen molar-refractivity contribution in [3.8, 4) is 0 Å². The lowest BCUT2D eigenvalue weighted by Gasteiger charge is -2.15. The Morgan fingerprint density at radius 3 is 2.52 bits per heavy atom. The summed E-state index contributed by atoms with van der Waals surface area (Å²) >= 11 is 1.61. The van der Waals surface area contributed by atoms with Gasteiger partial charge in [-0.2, -0.15) is 0 Å². The zero-order chi connectivity index (χ0) is 15.8. The van der Waals surface area contributed by atoms with Crippen LogP contribution < -0.4 is 10.6 Å². The van der Waals surface area contributed by atoms with Crippen LogP contribution in [-0.2, 0) is 11.3 Å². The predicted octanol–water partition coefficient (Wildman–Crippen LogP) is 3.44. The average molecular weight is 308 g/mol. The van der Waals surface area contributed by atoms with Crippen LogP contribution >= 0.6 is 11.8 Å². The molecule has 1 aromatic rings. The van der Waals surface area contributed by atoms with Crippen molar-refractivity contribution in [1.29, 1.82) is 0 Å². The topological polar surface area (TPSA) is 41.1 Å². The lowest BCUT2D eigenvalue weighted by Crippen LogP contribution is -2.35. The first-order valence-electron chi connectivity index (χ1n) is 7.65. The van der Waals surface area contributed by atoms with Gasteiger partial charge in [-0.15, -0.1) is 11.8 Å². The number of rotatable bonds is 8. The molecule has 1 atom stereocenters. The summed E-state index contributed by atoms with van der Waals surface area (Å²) in [6, 6.07) is 8.59. The fourth-order valence-corrected chi connectivity index (χ4v) is 2.85. The Morgan fingerprint density at radius 1 is 1.19 bits per heavy atom. The molecule has 118 valence electrons. The number of hydrogen-bond donors (Lipinski definition) is 2. The van der Waals surface area contributed by atoms with E-state index < -0.39 is 0 Å². The van der Waals surface area contributed by atoms with Crippen molar-refractivity contribution >= 4 is 17.7 Å². The summed E-state index contributed by atoms with van der Waals surface area (Å²) in [5.41, 5.74) is 1.26. The van der Waals surface area contributed by atoms with Crippen molar-refractivity contribution in [1.82, 2.24) is 10.6 Å². The molecule has 1 rings (SSSR count). The molecule has 0 aliphatic rings. The molecule has 0 heterocycles. The maximum atomic E-state index is 11.9. The Labute approximate surface area is 133 Å². The first kappa shape index (κ1) is 18.1. The molecule has 2 N–H and O–H groups in total. The minimum absolute atomic E-state index is 0.0775. The molecule has 0 fully saturated rings. The maximum absolute atomic E-state index is 11.9. The fourth-order valence-electron chi connectivity index (χ4n) is 1.89. The number of hydrogen-bond acceptors (Lipinski definition) is 3. The Morgan fingerprint density at radius 2 is 1.90 bits per heavy atom. The van der Waals surface area contributed by atoms with Crippen LogP contribution in [0.3, 0.4) is 0 Å². The number of benzene rings is 1. The highest BCUT2D eigenvalue weighted by molar-refractivity contribution is 8.00. The third-order valence-corrected chi connectivity index (χ3v) is 3.99. The smallest absolute Gasteiger partial charge is 0.233 e. The summed E-state index contributed by atoms with van der Waals surface area (Å²) < 4.78 is 0. The summed E-state index contributed by atoms with van der Waals surface area (Å²) in [4.78, 5) is 13.1. The quantitative estimate of drug-likeness (QED) is 0.723. The number of nitrogens with one attached hydrogen (secondary N) is 2. The van der Waals surface area contributed by atoms with Crippen LogP contribution in [0.25, 0.3) is 0 Å². The van der Waals surface area contributed by atoms with E-state index in [1.807, 2.05) is 20.8 Å². The van der Waals surface area contributed by atoms with Crippen LogP contribution in [-0.4, -0.2) is 23.7 Å². The van der Waals surface area contributed by atoms with Crippen molar-refractivity contribution in [3.63, 3.8) is 0 Å². The molecule has 0 radical (unpaired) electrons. The highest BCUT2D eigenvalue weighted by Gasteiger charge is 2.15. The molecular formula is C17H28N2OS. The van der Waals surface area contributed by atoms with Gasteiger partial charge in [0.2, 0.25) is 5.91 Å². The van der Waals surface area contributed by atoms with Gasteiger partial charge in [0.15, 0.2) is 0 Å². The molecule has 0 spiro atoms. The second kappa shape index (κ2) is 9.11. The molecule has 3 nitrogen and oxygen atoms in total. The summed E-state index contributed by atoms with van der Waals surface area (Å²) in [6.45, 7) is 12.2. The maximum Gasteiger partial charge on any atom is 0.233 e. The van der Waals surface area contributed by atoms with E-state index in [-0.39, 0.29) is 17.2 Å². The Hall–Kier alpha value is -1.00. The van der Waals surface area contributed by atoms with Crippen molar-refractivity contribution < 1.29 is 4.79 Å². The molecule has 21 heavy (non-hydrogen) atoms. The molecule has 0 aliphatic carbocycles. The van der Waals surface area contributed by atoms with Crippen LogP contribution in [0, 0.1) is 5.92 Å². The van der Waals surface area contributed by atoms with Crippen LogP contribution in [0.5, 0.6) is 0 Å². The summed E-state index contributed by atoms with van der Waals surface area (Å²) in [7, 11) is 0. The summed E-state index contributed by atoms with van der Waals surface area (Å²) in [5, 5.41) is 6.32. The molecule has 1 aromatic carbocycles.